The van der Waals surface area contributed by atoms with E-state index in [1.165, 1.54) is 4.90 Å². The Kier molecular flexibility index (Phi) is 4.30. The molecule has 2 unspecified atom stereocenters. The van der Waals surface area contributed by atoms with Crippen molar-refractivity contribution < 1.29 is 18.0 Å². The van der Waals surface area contributed by atoms with E-state index in [1.54, 1.807) is 0 Å². The standard InChI is InChI=1S/C12H21F3N2O/c1-11(2,3)8-4-10(18)17(6-8)7-9(5-16)12(13,14)15/h8-9H,4-7,16H2,1-3H3. The molecule has 0 saturated carbocycles. The minimum absolute atomic E-state index is 0.0686. The number of amides is 1. The van der Waals surface area contributed by atoms with Gasteiger partial charge in [-0.05, 0) is 11.3 Å². The molecule has 2 atom stereocenters. The topological polar surface area (TPSA) is 46.3 Å². The van der Waals surface area contributed by atoms with Gasteiger partial charge in [-0.3, -0.25) is 4.79 Å². The number of alkyl halides is 3. The number of halogens is 3. The summed E-state index contributed by atoms with van der Waals surface area (Å²) in [5, 5.41) is 0. The van der Waals surface area contributed by atoms with Gasteiger partial charge in [0.1, 0.15) is 0 Å². The highest BCUT2D eigenvalue weighted by Crippen LogP contribution is 2.35. The van der Waals surface area contributed by atoms with Gasteiger partial charge in [0.05, 0.1) is 5.92 Å². The van der Waals surface area contributed by atoms with Gasteiger partial charge in [0, 0.05) is 26.1 Å². The number of rotatable bonds is 3. The lowest BCUT2D eigenvalue weighted by Crippen LogP contribution is -2.41. The van der Waals surface area contributed by atoms with Crippen molar-refractivity contribution in [3.63, 3.8) is 0 Å². The average molecular weight is 266 g/mol. The van der Waals surface area contributed by atoms with Gasteiger partial charge in [0.2, 0.25) is 5.91 Å². The molecular formula is C12H21F3N2O. The van der Waals surface area contributed by atoms with E-state index in [0.29, 0.717) is 13.0 Å². The summed E-state index contributed by atoms with van der Waals surface area (Å²) in [7, 11) is 0. The Bertz CT molecular complexity index is 309. The van der Waals surface area contributed by atoms with Gasteiger partial charge in [-0.2, -0.15) is 13.2 Å². The van der Waals surface area contributed by atoms with E-state index in [4.69, 9.17) is 5.73 Å². The zero-order valence-electron chi connectivity index (χ0n) is 11.0. The second-order valence-electron chi connectivity index (χ2n) is 6.04. The molecule has 6 heteroatoms. The van der Waals surface area contributed by atoms with Crippen LogP contribution in [0.5, 0.6) is 0 Å². The van der Waals surface area contributed by atoms with E-state index in [9.17, 15) is 18.0 Å². The number of carbonyl (C=O) groups excluding carboxylic acids is 1. The van der Waals surface area contributed by atoms with Gasteiger partial charge in [0.25, 0.3) is 0 Å². The van der Waals surface area contributed by atoms with Crippen molar-refractivity contribution in [2.45, 2.75) is 33.4 Å². The maximum Gasteiger partial charge on any atom is 0.394 e. The minimum atomic E-state index is -4.34. The fraction of sp³-hybridized carbons (Fsp3) is 0.917. The Morgan fingerprint density at radius 3 is 2.28 bits per heavy atom. The highest BCUT2D eigenvalue weighted by atomic mass is 19.4. The number of hydrogen-bond donors (Lipinski definition) is 1. The summed E-state index contributed by atoms with van der Waals surface area (Å²) < 4.78 is 37.8. The normalized spacial score (nSPS) is 23.6. The van der Waals surface area contributed by atoms with Crippen LogP contribution >= 0.6 is 0 Å². The van der Waals surface area contributed by atoms with Gasteiger partial charge < -0.3 is 10.6 Å². The lowest BCUT2D eigenvalue weighted by Gasteiger charge is -2.28. The first kappa shape index (κ1) is 15.3. The highest BCUT2D eigenvalue weighted by molar-refractivity contribution is 5.78. The predicted molar refractivity (Wildman–Crippen MR) is 62.7 cm³/mol. The molecule has 0 aliphatic carbocycles. The second kappa shape index (κ2) is 5.07. The van der Waals surface area contributed by atoms with Crippen molar-refractivity contribution in [3.05, 3.63) is 0 Å². The molecule has 1 saturated heterocycles. The lowest BCUT2D eigenvalue weighted by atomic mass is 9.80. The molecular weight excluding hydrogens is 245 g/mol. The molecule has 0 aromatic heterocycles. The maximum atomic E-state index is 12.6. The number of likely N-dealkylation sites (tertiary alicyclic amines) is 1. The van der Waals surface area contributed by atoms with Gasteiger partial charge in [0.15, 0.2) is 0 Å². The first-order valence-corrected chi connectivity index (χ1v) is 6.10. The van der Waals surface area contributed by atoms with Crippen LogP contribution in [0.3, 0.4) is 0 Å². The summed E-state index contributed by atoms with van der Waals surface area (Å²) >= 11 is 0. The fourth-order valence-electron chi connectivity index (χ4n) is 2.11. The summed E-state index contributed by atoms with van der Waals surface area (Å²) in [5.74, 6) is -1.71. The first-order valence-electron chi connectivity index (χ1n) is 6.10. The van der Waals surface area contributed by atoms with Crippen LogP contribution in [0.25, 0.3) is 0 Å². The molecule has 0 radical (unpaired) electrons. The minimum Gasteiger partial charge on any atom is -0.342 e. The molecule has 1 fully saturated rings. The van der Waals surface area contributed by atoms with Crippen LogP contribution < -0.4 is 5.73 Å². The van der Waals surface area contributed by atoms with Crippen molar-refractivity contribution in [2.24, 2.45) is 23.0 Å². The summed E-state index contributed by atoms with van der Waals surface area (Å²) in [4.78, 5) is 13.0. The van der Waals surface area contributed by atoms with Crippen molar-refractivity contribution >= 4 is 5.91 Å². The lowest BCUT2D eigenvalue weighted by molar-refractivity contribution is -0.176. The molecule has 1 heterocycles. The quantitative estimate of drug-likeness (QED) is 0.849. The van der Waals surface area contributed by atoms with Crippen LogP contribution in [0.4, 0.5) is 13.2 Å². The molecule has 3 nitrogen and oxygen atoms in total. The van der Waals surface area contributed by atoms with Crippen molar-refractivity contribution in [1.82, 2.24) is 4.90 Å². The Balaban J connectivity index is 2.67. The Labute approximate surface area is 106 Å². The molecule has 1 amide bonds. The van der Waals surface area contributed by atoms with E-state index in [0.717, 1.165) is 0 Å². The van der Waals surface area contributed by atoms with Crippen LogP contribution in [0, 0.1) is 17.3 Å². The van der Waals surface area contributed by atoms with Crippen molar-refractivity contribution in [3.8, 4) is 0 Å². The van der Waals surface area contributed by atoms with E-state index in [-0.39, 0.29) is 23.8 Å². The van der Waals surface area contributed by atoms with E-state index in [2.05, 4.69) is 0 Å². The van der Waals surface area contributed by atoms with Gasteiger partial charge >= 0.3 is 6.18 Å². The maximum absolute atomic E-state index is 12.6. The van der Waals surface area contributed by atoms with Crippen LogP contribution in [-0.4, -0.2) is 36.6 Å². The summed E-state index contributed by atoms with van der Waals surface area (Å²) in [5.41, 5.74) is 5.08. The molecule has 1 aliphatic heterocycles. The number of nitrogens with two attached hydrogens (primary N) is 1. The smallest absolute Gasteiger partial charge is 0.342 e. The Hall–Kier alpha value is -0.780. The van der Waals surface area contributed by atoms with E-state index < -0.39 is 18.6 Å². The Morgan fingerprint density at radius 2 is 1.94 bits per heavy atom. The molecule has 18 heavy (non-hydrogen) atoms. The van der Waals surface area contributed by atoms with Crippen molar-refractivity contribution in [2.75, 3.05) is 19.6 Å². The van der Waals surface area contributed by atoms with Gasteiger partial charge in [-0.1, -0.05) is 20.8 Å². The number of hydrogen-bond acceptors (Lipinski definition) is 2. The monoisotopic (exact) mass is 266 g/mol. The zero-order chi connectivity index (χ0) is 14.1. The molecule has 1 rings (SSSR count). The van der Waals surface area contributed by atoms with Gasteiger partial charge in [-0.25, -0.2) is 0 Å². The summed E-state index contributed by atoms with van der Waals surface area (Å²) in [6.07, 6.45) is -4.01. The third-order valence-electron chi connectivity index (χ3n) is 3.63. The van der Waals surface area contributed by atoms with E-state index >= 15 is 0 Å². The molecule has 1 aliphatic rings. The van der Waals surface area contributed by atoms with Crippen LogP contribution in [-0.2, 0) is 4.79 Å². The molecule has 106 valence electrons. The number of nitrogens with zero attached hydrogens (tertiary/aromatic N) is 1. The third kappa shape index (κ3) is 3.60. The van der Waals surface area contributed by atoms with Crippen molar-refractivity contribution in [1.29, 1.82) is 0 Å². The third-order valence-corrected chi connectivity index (χ3v) is 3.63. The second-order valence-corrected chi connectivity index (χ2v) is 6.04. The van der Waals surface area contributed by atoms with Crippen LogP contribution in [0.2, 0.25) is 0 Å². The number of carbonyl (C=O) groups is 1. The largest absolute Gasteiger partial charge is 0.394 e. The molecule has 2 N–H and O–H groups in total. The predicted octanol–water partition coefficient (Wildman–Crippen LogP) is 2.02. The Morgan fingerprint density at radius 1 is 1.39 bits per heavy atom. The fourth-order valence-corrected chi connectivity index (χ4v) is 2.11. The average Bonchev–Trinajstić information content (AvgIpc) is 2.54. The van der Waals surface area contributed by atoms with E-state index in [1.807, 2.05) is 20.8 Å². The SMILES string of the molecule is CC(C)(C)C1CC(=O)N(CC(CN)C(F)(F)F)C1. The summed E-state index contributed by atoms with van der Waals surface area (Å²) in [6.45, 7) is 5.60. The van der Waals surface area contributed by atoms with Crippen LogP contribution in [0.15, 0.2) is 0 Å². The first-order chi connectivity index (χ1) is 8.05. The summed E-state index contributed by atoms with van der Waals surface area (Å²) in [6, 6.07) is 0. The molecule has 0 aromatic carbocycles. The highest BCUT2D eigenvalue weighted by Gasteiger charge is 2.43. The van der Waals surface area contributed by atoms with Gasteiger partial charge in [-0.15, -0.1) is 0 Å². The molecule has 0 spiro atoms. The zero-order valence-corrected chi connectivity index (χ0v) is 11.0. The molecule has 0 aromatic rings. The molecule has 0 bridgehead atoms. The van der Waals surface area contributed by atoms with Crippen LogP contribution in [0.1, 0.15) is 27.2 Å².